The van der Waals surface area contributed by atoms with Gasteiger partial charge in [-0.2, -0.15) is 0 Å². The summed E-state index contributed by atoms with van der Waals surface area (Å²) in [7, 11) is 3.40. The lowest BCUT2D eigenvalue weighted by molar-refractivity contribution is 0.404. The average Bonchev–Trinajstić information content (AvgIpc) is 2.55. The minimum Gasteiger partial charge on any atom is -0.497 e. The molecule has 0 bridgehead atoms. The first kappa shape index (κ1) is 16.4. The van der Waals surface area contributed by atoms with E-state index < -0.39 is 0 Å². The summed E-state index contributed by atoms with van der Waals surface area (Å²) < 4.78 is 10.9. The van der Waals surface area contributed by atoms with Gasteiger partial charge in [0.05, 0.1) is 14.2 Å². The Morgan fingerprint density at radius 3 is 2.36 bits per heavy atom. The molecule has 0 aliphatic carbocycles. The van der Waals surface area contributed by atoms with Crippen molar-refractivity contribution in [3.63, 3.8) is 0 Å². The minimum absolute atomic E-state index is 0.223. The van der Waals surface area contributed by atoms with Crippen molar-refractivity contribution in [1.29, 1.82) is 0 Å². The molecule has 2 N–H and O–H groups in total. The van der Waals surface area contributed by atoms with Crippen LogP contribution in [-0.4, -0.2) is 20.8 Å². The maximum absolute atomic E-state index is 6.05. The fraction of sp³-hybridized carbons (Fsp3) is 0.368. The van der Waals surface area contributed by atoms with E-state index in [-0.39, 0.29) is 5.92 Å². The topological polar surface area (TPSA) is 44.5 Å². The molecule has 0 heterocycles. The molecule has 2 aromatic rings. The highest BCUT2D eigenvalue weighted by Gasteiger charge is 2.17. The third kappa shape index (κ3) is 3.60. The highest BCUT2D eigenvalue weighted by molar-refractivity contribution is 5.44. The van der Waals surface area contributed by atoms with Crippen molar-refractivity contribution >= 4 is 0 Å². The molecule has 0 radical (unpaired) electrons. The lowest BCUT2D eigenvalue weighted by Gasteiger charge is -2.20. The monoisotopic (exact) mass is 299 g/mol. The van der Waals surface area contributed by atoms with Gasteiger partial charge in [-0.05, 0) is 67.3 Å². The molecule has 0 aliphatic heterocycles. The van der Waals surface area contributed by atoms with Gasteiger partial charge in [-0.25, -0.2) is 0 Å². The molecule has 0 saturated carbocycles. The summed E-state index contributed by atoms with van der Waals surface area (Å²) in [6, 6.07) is 12.4. The Balaban J connectivity index is 2.33. The van der Waals surface area contributed by atoms with Crippen LogP contribution in [0.15, 0.2) is 36.4 Å². The van der Waals surface area contributed by atoms with Crippen molar-refractivity contribution in [3.8, 4) is 11.5 Å². The molecule has 22 heavy (non-hydrogen) atoms. The van der Waals surface area contributed by atoms with Gasteiger partial charge in [-0.3, -0.25) is 0 Å². The fourth-order valence-electron chi connectivity index (χ4n) is 2.71. The molecule has 2 rings (SSSR count). The third-order valence-electron chi connectivity index (χ3n) is 4.19. The number of benzene rings is 2. The zero-order valence-electron chi connectivity index (χ0n) is 13.8. The third-order valence-corrected chi connectivity index (χ3v) is 4.19. The summed E-state index contributed by atoms with van der Waals surface area (Å²) in [6.45, 7) is 4.80. The number of aryl methyl sites for hydroxylation is 2. The first-order valence-corrected chi connectivity index (χ1v) is 7.57. The van der Waals surface area contributed by atoms with Gasteiger partial charge in [0.2, 0.25) is 0 Å². The first-order valence-electron chi connectivity index (χ1n) is 7.57. The molecule has 0 aromatic heterocycles. The number of nitrogens with two attached hydrogens (primary N) is 1. The molecular formula is C19H25NO2. The van der Waals surface area contributed by atoms with Crippen LogP contribution in [0.5, 0.6) is 11.5 Å². The summed E-state index contributed by atoms with van der Waals surface area (Å²) in [5.41, 5.74) is 10.9. The normalized spacial score (nSPS) is 12.0. The van der Waals surface area contributed by atoms with Crippen molar-refractivity contribution in [2.24, 2.45) is 5.73 Å². The highest BCUT2D eigenvalue weighted by atomic mass is 16.5. The SMILES string of the molecule is COc1cccc(CC(CN)c2cc(C)c(C)cc2OC)c1. The number of ether oxygens (including phenoxy) is 2. The molecule has 1 atom stereocenters. The molecule has 2 aromatic carbocycles. The zero-order chi connectivity index (χ0) is 16.1. The second-order valence-corrected chi connectivity index (χ2v) is 5.67. The predicted molar refractivity (Wildman–Crippen MR) is 91.0 cm³/mol. The summed E-state index contributed by atoms with van der Waals surface area (Å²) in [6.07, 6.45) is 0.868. The number of rotatable bonds is 6. The maximum Gasteiger partial charge on any atom is 0.122 e. The molecule has 0 spiro atoms. The Hall–Kier alpha value is -2.00. The molecule has 118 valence electrons. The van der Waals surface area contributed by atoms with E-state index in [9.17, 15) is 0 Å². The van der Waals surface area contributed by atoms with Gasteiger partial charge in [0.15, 0.2) is 0 Å². The van der Waals surface area contributed by atoms with Crippen molar-refractivity contribution < 1.29 is 9.47 Å². The van der Waals surface area contributed by atoms with Crippen LogP contribution in [0.1, 0.15) is 28.2 Å². The average molecular weight is 299 g/mol. The summed E-state index contributed by atoms with van der Waals surface area (Å²) in [5.74, 6) is 2.02. The molecule has 1 unspecified atom stereocenters. The quantitative estimate of drug-likeness (QED) is 0.886. The van der Waals surface area contributed by atoms with E-state index in [1.165, 1.54) is 22.3 Å². The lowest BCUT2D eigenvalue weighted by Crippen LogP contribution is -2.16. The first-order chi connectivity index (χ1) is 10.6. The van der Waals surface area contributed by atoms with Crippen LogP contribution < -0.4 is 15.2 Å². The number of methoxy groups -OCH3 is 2. The van der Waals surface area contributed by atoms with E-state index in [0.29, 0.717) is 6.54 Å². The summed E-state index contributed by atoms with van der Waals surface area (Å²) in [5, 5.41) is 0. The van der Waals surface area contributed by atoms with Gasteiger partial charge in [0, 0.05) is 5.92 Å². The largest absolute Gasteiger partial charge is 0.497 e. The van der Waals surface area contributed by atoms with Crippen LogP contribution in [-0.2, 0) is 6.42 Å². The van der Waals surface area contributed by atoms with Crippen LogP contribution in [0.3, 0.4) is 0 Å². The second kappa shape index (κ2) is 7.32. The van der Waals surface area contributed by atoms with E-state index in [1.54, 1.807) is 14.2 Å². The van der Waals surface area contributed by atoms with Gasteiger partial charge in [0.1, 0.15) is 11.5 Å². The minimum atomic E-state index is 0.223. The Morgan fingerprint density at radius 2 is 1.73 bits per heavy atom. The predicted octanol–water partition coefficient (Wildman–Crippen LogP) is 3.61. The van der Waals surface area contributed by atoms with E-state index in [4.69, 9.17) is 15.2 Å². The Bertz CT molecular complexity index is 637. The maximum atomic E-state index is 6.05. The zero-order valence-corrected chi connectivity index (χ0v) is 13.8. The van der Waals surface area contributed by atoms with Crippen LogP contribution in [0.25, 0.3) is 0 Å². The van der Waals surface area contributed by atoms with E-state index in [0.717, 1.165) is 17.9 Å². The Labute approximate surface area is 133 Å². The van der Waals surface area contributed by atoms with Crippen LogP contribution >= 0.6 is 0 Å². The van der Waals surface area contributed by atoms with Crippen molar-refractivity contribution in [3.05, 3.63) is 58.7 Å². The molecule has 0 fully saturated rings. The molecule has 0 saturated heterocycles. The van der Waals surface area contributed by atoms with Crippen LogP contribution in [0.2, 0.25) is 0 Å². The van der Waals surface area contributed by atoms with Crippen molar-refractivity contribution in [1.82, 2.24) is 0 Å². The Morgan fingerprint density at radius 1 is 1.00 bits per heavy atom. The lowest BCUT2D eigenvalue weighted by atomic mass is 9.89. The number of hydrogen-bond acceptors (Lipinski definition) is 3. The van der Waals surface area contributed by atoms with Gasteiger partial charge >= 0.3 is 0 Å². The standard InChI is InChI=1S/C19H25NO2/c1-13-8-18(19(22-4)9-14(13)2)16(12-20)10-15-6-5-7-17(11-15)21-3/h5-9,11,16H,10,12,20H2,1-4H3. The summed E-state index contributed by atoms with van der Waals surface area (Å²) in [4.78, 5) is 0. The van der Waals surface area contributed by atoms with Gasteiger partial charge < -0.3 is 15.2 Å². The molecule has 3 heteroatoms. The van der Waals surface area contributed by atoms with Gasteiger partial charge in [-0.15, -0.1) is 0 Å². The smallest absolute Gasteiger partial charge is 0.122 e. The number of hydrogen-bond donors (Lipinski definition) is 1. The fourth-order valence-corrected chi connectivity index (χ4v) is 2.71. The molecule has 3 nitrogen and oxygen atoms in total. The summed E-state index contributed by atoms with van der Waals surface area (Å²) >= 11 is 0. The van der Waals surface area contributed by atoms with Crippen molar-refractivity contribution in [2.45, 2.75) is 26.2 Å². The van der Waals surface area contributed by atoms with E-state index in [1.807, 2.05) is 12.1 Å². The van der Waals surface area contributed by atoms with Crippen LogP contribution in [0.4, 0.5) is 0 Å². The van der Waals surface area contributed by atoms with E-state index >= 15 is 0 Å². The molecular weight excluding hydrogens is 274 g/mol. The molecule has 0 aliphatic rings. The van der Waals surface area contributed by atoms with Crippen molar-refractivity contribution in [2.75, 3.05) is 20.8 Å². The van der Waals surface area contributed by atoms with Gasteiger partial charge in [0.25, 0.3) is 0 Å². The van der Waals surface area contributed by atoms with Crippen LogP contribution in [0, 0.1) is 13.8 Å². The second-order valence-electron chi connectivity index (χ2n) is 5.67. The highest BCUT2D eigenvalue weighted by Crippen LogP contribution is 2.32. The molecule has 0 amide bonds. The Kier molecular flexibility index (Phi) is 5.45. The van der Waals surface area contributed by atoms with Gasteiger partial charge in [-0.1, -0.05) is 18.2 Å². The van der Waals surface area contributed by atoms with E-state index in [2.05, 4.69) is 38.1 Å².